The fourth-order valence-electron chi connectivity index (χ4n) is 2.81. The minimum absolute atomic E-state index is 0.0263. The van der Waals surface area contributed by atoms with E-state index in [4.69, 9.17) is 4.74 Å². The maximum absolute atomic E-state index is 12.4. The van der Waals surface area contributed by atoms with E-state index in [0.29, 0.717) is 6.04 Å². The summed E-state index contributed by atoms with van der Waals surface area (Å²) in [4.78, 5) is 16.8. The van der Waals surface area contributed by atoms with Crippen molar-refractivity contribution in [3.05, 3.63) is 0 Å². The Morgan fingerprint density at radius 1 is 1.26 bits per heavy atom. The zero-order valence-electron chi connectivity index (χ0n) is 12.2. The van der Waals surface area contributed by atoms with Gasteiger partial charge in [-0.25, -0.2) is 0 Å². The molecule has 2 aliphatic rings. The van der Waals surface area contributed by atoms with E-state index in [0.717, 1.165) is 58.8 Å². The molecule has 110 valence electrons. The van der Waals surface area contributed by atoms with Crippen molar-refractivity contribution in [2.45, 2.75) is 38.8 Å². The first-order chi connectivity index (χ1) is 9.16. The number of hydrogen-bond acceptors (Lipinski definition) is 4. The normalized spacial score (nSPS) is 26.2. The predicted octanol–water partition coefficient (Wildman–Crippen LogP) is 0.308. The standard InChI is InChI=1S/C14H27N3O2/c1-12(2)15-13-4-3-5-17(14(13)18)7-6-16-8-10-19-11-9-16/h12-13,15H,3-11H2,1-2H3. The maximum Gasteiger partial charge on any atom is 0.239 e. The van der Waals surface area contributed by atoms with Crippen LogP contribution in [0.1, 0.15) is 26.7 Å². The van der Waals surface area contributed by atoms with Crippen LogP contribution in [0, 0.1) is 0 Å². The van der Waals surface area contributed by atoms with Gasteiger partial charge in [-0.05, 0) is 12.8 Å². The highest BCUT2D eigenvalue weighted by molar-refractivity contribution is 5.82. The summed E-state index contributed by atoms with van der Waals surface area (Å²) in [5, 5.41) is 3.37. The first kappa shape index (κ1) is 14.8. The van der Waals surface area contributed by atoms with Gasteiger partial charge < -0.3 is 15.0 Å². The second kappa shape index (κ2) is 7.22. The highest BCUT2D eigenvalue weighted by Gasteiger charge is 2.28. The number of hydrogen-bond donors (Lipinski definition) is 1. The van der Waals surface area contributed by atoms with Gasteiger partial charge in [0, 0.05) is 38.8 Å². The number of amides is 1. The van der Waals surface area contributed by atoms with Crippen molar-refractivity contribution < 1.29 is 9.53 Å². The first-order valence-corrected chi connectivity index (χ1v) is 7.52. The minimum Gasteiger partial charge on any atom is -0.379 e. The Morgan fingerprint density at radius 2 is 2.00 bits per heavy atom. The molecule has 2 rings (SSSR count). The van der Waals surface area contributed by atoms with E-state index in [2.05, 4.69) is 24.1 Å². The Kier molecular flexibility index (Phi) is 5.60. The Morgan fingerprint density at radius 3 is 2.68 bits per heavy atom. The Balaban J connectivity index is 1.77. The van der Waals surface area contributed by atoms with Crippen molar-refractivity contribution in [2.75, 3.05) is 45.9 Å². The highest BCUT2D eigenvalue weighted by atomic mass is 16.5. The molecule has 5 heteroatoms. The van der Waals surface area contributed by atoms with E-state index < -0.39 is 0 Å². The van der Waals surface area contributed by atoms with Crippen LogP contribution in [0.25, 0.3) is 0 Å². The first-order valence-electron chi connectivity index (χ1n) is 7.52. The average molecular weight is 269 g/mol. The van der Waals surface area contributed by atoms with Crippen molar-refractivity contribution >= 4 is 5.91 Å². The van der Waals surface area contributed by atoms with E-state index in [1.54, 1.807) is 0 Å². The zero-order valence-corrected chi connectivity index (χ0v) is 12.2. The van der Waals surface area contributed by atoms with E-state index in [9.17, 15) is 4.79 Å². The predicted molar refractivity (Wildman–Crippen MR) is 75.1 cm³/mol. The van der Waals surface area contributed by atoms with Crippen LogP contribution in [0.2, 0.25) is 0 Å². The molecule has 19 heavy (non-hydrogen) atoms. The summed E-state index contributed by atoms with van der Waals surface area (Å²) in [6.07, 6.45) is 2.09. The SMILES string of the molecule is CC(C)NC1CCCN(CCN2CCOCC2)C1=O. The molecule has 0 saturated carbocycles. The number of carbonyl (C=O) groups is 1. The number of ether oxygens (including phenoxy) is 1. The lowest BCUT2D eigenvalue weighted by Crippen LogP contribution is -2.54. The molecule has 0 aromatic heterocycles. The average Bonchev–Trinajstić information content (AvgIpc) is 2.40. The summed E-state index contributed by atoms with van der Waals surface area (Å²) < 4.78 is 5.34. The lowest BCUT2D eigenvalue weighted by molar-refractivity contribution is -0.136. The molecule has 1 amide bonds. The van der Waals surface area contributed by atoms with Gasteiger partial charge in [-0.1, -0.05) is 13.8 Å². The molecule has 2 aliphatic heterocycles. The monoisotopic (exact) mass is 269 g/mol. The molecule has 2 heterocycles. The third kappa shape index (κ3) is 4.44. The van der Waals surface area contributed by atoms with Crippen LogP contribution in [0.3, 0.4) is 0 Å². The molecule has 2 saturated heterocycles. The molecule has 0 radical (unpaired) electrons. The molecule has 1 atom stereocenters. The number of carbonyl (C=O) groups excluding carboxylic acids is 1. The van der Waals surface area contributed by atoms with Crippen molar-refractivity contribution in [1.29, 1.82) is 0 Å². The van der Waals surface area contributed by atoms with Crippen molar-refractivity contribution in [2.24, 2.45) is 0 Å². The topological polar surface area (TPSA) is 44.8 Å². The van der Waals surface area contributed by atoms with Crippen LogP contribution in [0.4, 0.5) is 0 Å². The van der Waals surface area contributed by atoms with Crippen molar-refractivity contribution in [3.63, 3.8) is 0 Å². The fraction of sp³-hybridized carbons (Fsp3) is 0.929. The van der Waals surface area contributed by atoms with Crippen LogP contribution in [0.15, 0.2) is 0 Å². The largest absolute Gasteiger partial charge is 0.379 e. The van der Waals surface area contributed by atoms with E-state index in [1.807, 2.05) is 4.90 Å². The van der Waals surface area contributed by atoms with Crippen LogP contribution in [-0.2, 0) is 9.53 Å². The van der Waals surface area contributed by atoms with Crippen LogP contribution < -0.4 is 5.32 Å². The number of rotatable bonds is 5. The van der Waals surface area contributed by atoms with Crippen LogP contribution in [0.5, 0.6) is 0 Å². The van der Waals surface area contributed by atoms with Gasteiger partial charge in [0.2, 0.25) is 5.91 Å². The Labute approximate surface area is 116 Å². The number of likely N-dealkylation sites (tertiary alicyclic amines) is 1. The number of nitrogens with zero attached hydrogens (tertiary/aromatic N) is 2. The number of morpholine rings is 1. The Hall–Kier alpha value is -0.650. The molecule has 0 aromatic carbocycles. The second-order valence-electron chi connectivity index (χ2n) is 5.80. The van der Waals surface area contributed by atoms with Crippen LogP contribution >= 0.6 is 0 Å². The fourth-order valence-corrected chi connectivity index (χ4v) is 2.81. The number of nitrogens with one attached hydrogen (secondary N) is 1. The van der Waals surface area contributed by atoms with Gasteiger partial charge in [0.15, 0.2) is 0 Å². The lowest BCUT2D eigenvalue weighted by Gasteiger charge is -2.35. The number of piperidine rings is 1. The van der Waals surface area contributed by atoms with Crippen molar-refractivity contribution in [3.8, 4) is 0 Å². The van der Waals surface area contributed by atoms with Crippen LogP contribution in [-0.4, -0.2) is 73.7 Å². The summed E-state index contributed by atoms with van der Waals surface area (Å²) in [6, 6.07) is 0.395. The third-order valence-electron chi connectivity index (χ3n) is 3.85. The molecule has 5 nitrogen and oxygen atoms in total. The maximum atomic E-state index is 12.4. The molecule has 0 aromatic rings. The third-order valence-corrected chi connectivity index (χ3v) is 3.85. The molecule has 1 unspecified atom stereocenters. The summed E-state index contributed by atoms with van der Waals surface area (Å²) >= 11 is 0. The molecule has 0 spiro atoms. The molecular weight excluding hydrogens is 242 g/mol. The summed E-state index contributed by atoms with van der Waals surface area (Å²) in [6.45, 7) is 10.6. The highest BCUT2D eigenvalue weighted by Crippen LogP contribution is 2.12. The van der Waals surface area contributed by atoms with Gasteiger partial charge in [0.05, 0.1) is 19.3 Å². The molecule has 0 aliphatic carbocycles. The smallest absolute Gasteiger partial charge is 0.239 e. The molecule has 2 fully saturated rings. The van der Waals surface area contributed by atoms with E-state index in [-0.39, 0.29) is 11.9 Å². The Bertz CT molecular complexity index is 290. The molecule has 0 bridgehead atoms. The van der Waals surface area contributed by atoms with Gasteiger partial charge in [-0.3, -0.25) is 9.69 Å². The van der Waals surface area contributed by atoms with E-state index >= 15 is 0 Å². The quantitative estimate of drug-likeness (QED) is 0.780. The summed E-state index contributed by atoms with van der Waals surface area (Å²) in [5.74, 6) is 0.285. The van der Waals surface area contributed by atoms with Gasteiger partial charge >= 0.3 is 0 Å². The zero-order chi connectivity index (χ0) is 13.7. The van der Waals surface area contributed by atoms with Crippen molar-refractivity contribution in [1.82, 2.24) is 15.1 Å². The van der Waals surface area contributed by atoms with Gasteiger partial charge in [-0.15, -0.1) is 0 Å². The van der Waals surface area contributed by atoms with Gasteiger partial charge in [0.1, 0.15) is 0 Å². The molecule has 1 N–H and O–H groups in total. The summed E-state index contributed by atoms with van der Waals surface area (Å²) in [5.41, 5.74) is 0. The summed E-state index contributed by atoms with van der Waals surface area (Å²) in [7, 11) is 0. The van der Waals surface area contributed by atoms with Gasteiger partial charge in [0.25, 0.3) is 0 Å². The van der Waals surface area contributed by atoms with E-state index in [1.165, 1.54) is 0 Å². The van der Waals surface area contributed by atoms with Gasteiger partial charge in [-0.2, -0.15) is 0 Å². The minimum atomic E-state index is 0.0263. The lowest BCUT2D eigenvalue weighted by atomic mass is 10.0. The molecular formula is C14H27N3O2. The second-order valence-corrected chi connectivity index (χ2v) is 5.80.